The summed E-state index contributed by atoms with van der Waals surface area (Å²) in [6, 6.07) is 5.35. The van der Waals surface area contributed by atoms with E-state index in [4.69, 9.17) is 9.47 Å². The molecule has 7 heteroatoms. The smallest absolute Gasteiger partial charge is 0.410 e. The fourth-order valence-corrected chi connectivity index (χ4v) is 3.73. The number of hydrogen-bond donors (Lipinski definition) is 0. The number of rotatable bonds is 1. The quantitative estimate of drug-likeness (QED) is 0.755. The summed E-state index contributed by atoms with van der Waals surface area (Å²) >= 11 is 0. The Bertz CT molecular complexity index is 678. The average Bonchev–Trinajstić information content (AvgIpc) is 2.60. The summed E-state index contributed by atoms with van der Waals surface area (Å²) in [6.07, 6.45) is 2.65. The standard InChI is InChI=1S/C20H29N3O4/c1-15-13-23(17(24)16-7-5-6-10-21-16)14-20(26-15)8-11-22(12-9-20)18(25)27-19(2,3)4/h5-7,10,15H,8-9,11-14H2,1-4H3. The SMILES string of the molecule is CC1CN(C(=O)c2ccccn2)CC2(CCN(C(=O)OC(C)(C)C)CC2)O1. The number of likely N-dealkylation sites (tertiary alicyclic amines) is 1. The lowest BCUT2D eigenvalue weighted by molar-refractivity contribution is -0.160. The monoisotopic (exact) mass is 375 g/mol. The van der Waals surface area contributed by atoms with Gasteiger partial charge in [0.25, 0.3) is 5.91 Å². The first-order valence-corrected chi connectivity index (χ1v) is 9.54. The molecule has 2 aliphatic rings. The van der Waals surface area contributed by atoms with E-state index in [-0.39, 0.29) is 18.1 Å². The van der Waals surface area contributed by atoms with E-state index in [0.29, 0.717) is 44.7 Å². The molecular formula is C20H29N3O4. The van der Waals surface area contributed by atoms with Gasteiger partial charge in [-0.15, -0.1) is 0 Å². The van der Waals surface area contributed by atoms with Gasteiger partial charge in [0.15, 0.2) is 0 Å². The normalized spacial score (nSPS) is 22.6. The van der Waals surface area contributed by atoms with Crippen LogP contribution in [0.25, 0.3) is 0 Å². The minimum absolute atomic E-state index is 0.0560. The zero-order valence-electron chi connectivity index (χ0n) is 16.6. The van der Waals surface area contributed by atoms with Crippen LogP contribution in [0.2, 0.25) is 0 Å². The molecule has 27 heavy (non-hydrogen) atoms. The van der Waals surface area contributed by atoms with Crippen molar-refractivity contribution in [3.05, 3.63) is 30.1 Å². The third-order valence-corrected chi connectivity index (χ3v) is 4.91. The van der Waals surface area contributed by atoms with Gasteiger partial charge in [-0.2, -0.15) is 0 Å². The topological polar surface area (TPSA) is 72.0 Å². The lowest BCUT2D eigenvalue weighted by atomic mass is 9.88. The van der Waals surface area contributed by atoms with Crippen molar-refractivity contribution in [3.8, 4) is 0 Å². The third kappa shape index (κ3) is 4.77. The second-order valence-electron chi connectivity index (χ2n) is 8.48. The molecule has 0 radical (unpaired) electrons. The van der Waals surface area contributed by atoms with Crippen LogP contribution in [-0.4, -0.2) is 70.3 Å². The zero-order chi connectivity index (χ0) is 19.7. The van der Waals surface area contributed by atoms with Gasteiger partial charge in [-0.1, -0.05) is 6.07 Å². The Morgan fingerprint density at radius 1 is 1.22 bits per heavy atom. The van der Waals surface area contributed by atoms with E-state index in [2.05, 4.69) is 4.98 Å². The van der Waals surface area contributed by atoms with Crippen molar-refractivity contribution in [2.24, 2.45) is 0 Å². The lowest BCUT2D eigenvalue weighted by Gasteiger charge is -2.49. The van der Waals surface area contributed by atoms with Gasteiger partial charge in [0.1, 0.15) is 11.3 Å². The molecule has 2 saturated heterocycles. The molecule has 0 N–H and O–H groups in total. The van der Waals surface area contributed by atoms with Crippen molar-refractivity contribution < 1.29 is 19.1 Å². The van der Waals surface area contributed by atoms with Crippen LogP contribution < -0.4 is 0 Å². The van der Waals surface area contributed by atoms with Gasteiger partial charge in [0, 0.05) is 25.8 Å². The molecule has 1 aromatic rings. The zero-order valence-corrected chi connectivity index (χ0v) is 16.6. The molecule has 2 aliphatic heterocycles. The summed E-state index contributed by atoms with van der Waals surface area (Å²) < 4.78 is 11.7. The Morgan fingerprint density at radius 3 is 2.52 bits per heavy atom. The van der Waals surface area contributed by atoms with Gasteiger partial charge in [0.2, 0.25) is 0 Å². The van der Waals surface area contributed by atoms with Crippen LogP contribution in [0, 0.1) is 0 Å². The molecular weight excluding hydrogens is 346 g/mol. The molecule has 3 heterocycles. The van der Waals surface area contributed by atoms with E-state index in [1.807, 2.05) is 38.7 Å². The second kappa shape index (κ2) is 7.46. The summed E-state index contributed by atoms with van der Waals surface area (Å²) in [5.41, 5.74) is -0.470. The molecule has 0 aromatic carbocycles. The van der Waals surface area contributed by atoms with Crippen molar-refractivity contribution in [2.75, 3.05) is 26.2 Å². The number of piperidine rings is 1. The maximum absolute atomic E-state index is 12.8. The molecule has 0 bridgehead atoms. The number of ether oxygens (including phenoxy) is 2. The van der Waals surface area contributed by atoms with Crippen LogP contribution in [0.3, 0.4) is 0 Å². The number of aromatic nitrogens is 1. The molecule has 7 nitrogen and oxygen atoms in total. The van der Waals surface area contributed by atoms with Crippen molar-refractivity contribution in [3.63, 3.8) is 0 Å². The Kier molecular flexibility index (Phi) is 5.42. The Morgan fingerprint density at radius 2 is 1.93 bits per heavy atom. The van der Waals surface area contributed by atoms with Crippen molar-refractivity contribution in [1.82, 2.24) is 14.8 Å². The number of carbonyl (C=O) groups excluding carboxylic acids is 2. The molecule has 1 aromatic heterocycles. The van der Waals surface area contributed by atoms with E-state index < -0.39 is 11.2 Å². The number of nitrogens with zero attached hydrogens (tertiary/aromatic N) is 3. The fourth-order valence-electron chi connectivity index (χ4n) is 3.73. The number of carbonyl (C=O) groups is 2. The van der Waals surface area contributed by atoms with E-state index in [9.17, 15) is 9.59 Å². The van der Waals surface area contributed by atoms with Crippen molar-refractivity contribution in [2.45, 2.75) is 57.8 Å². The van der Waals surface area contributed by atoms with Gasteiger partial charge < -0.3 is 19.3 Å². The first-order chi connectivity index (χ1) is 12.7. The highest BCUT2D eigenvalue weighted by Crippen LogP contribution is 2.33. The summed E-state index contributed by atoms with van der Waals surface area (Å²) in [4.78, 5) is 32.9. The predicted molar refractivity (Wildman–Crippen MR) is 100 cm³/mol. The third-order valence-electron chi connectivity index (χ3n) is 4.91. The van der Waals surface area contributed by atoms with Crippen LogP contribution in [0.4, 0.5) is 4.79 Å². The fraction of sp³-hybridized carbons (Fsp3) is 0.650. The minimum Gasteiger partial charge on any atom is -0.444 e. The second-order valence-corrected chi connectivity index (χ2v) is 8.48. The van der Waals surface area contributed by atoms with Gasteiger partial charge in [-0.3, -0.25) is 9.78 Å². The van der Waals surface area contributed by atoms with E-state index in [0.717, 1.165) is 0 Å². The molecule has 0 aliphatic carbocycles. The average molecular weight is 375 g/mol. The van der Waals surface area contributed by atoms with Crippen LogP contribution in [-0.2, 0) is 9.47 Å². The van der Waals surface area contributed by atoms with Gasteiger partial charge >= 0.3 is 6.09 Å². The summed E-state index contributed by atoms with van der Waals surface area (Å²) in [7, 11) is 0. The summed E-state index contributed by atoms with van der Waals surface area (Å²) in [5.74, 6) is -0.0697. The van der Waals surface area contributed by atoms with Gasteiger partial charge in [-0.25, -0.2) is 4.79 Å². The highest BCUT2D eigenvalue weighted by molar-refractivity contribution is 5.92. The summed E-state index contributed by atoms with van der Waals surface area (Å²) in [6.45, 7) is 9.78. The number of pyridine rings is 1. The maximum Gasteiger partial charge on any atom is 0.410 e. The highest BCUT2D eigenvalue weighted by Gasteiger charge is 2.44. The molecule has 1 atom stereocenters. The molecule has 1 unspecified atom stereocenters. The highest BCUT2D eigenvalue weighted by atomic mass is 16.6. The largest absolute Gasteiger partial charge is 0.444 e. The molecule has 3 rings (SSSR count). The molecule has 2 amide bonds. The molecule has 1 spiro atoms. The van der Waals surface area contributed by atoms with Gasteiger partial charge in [-0.05, 0) is 52.7 Å². The Balaban J connectivity index is 1.65. The number of amides is 2. The molecule has 0 saturated carbocycles. The van der Waals surface area contributed by atoms with E-state index in [1.54, 1.807) is 23.2 Å². The van der Waals surface area contributed by atoms with Crippen LogP contribution in [0.5, 0.6) is 0 Å². The molecule has 148 valence electrons. The maximum atomic E-state index is 12.8. The summed E-state index contributed by atoms with van der Waals surface area (Å²) in [5, 5.41) is 0. The lowest BCUT2D eigenvalue weighted by Crippen LogP contribution is -2.60. The Hall–Kier alpha value is -2.15. The van der Waals surface area contributed by atoms with Crippen molar-refractivity contribution in [1.29, 1.82) is 0 Å². The van der Waals surface area contributed by atoms with Crippen LogP contribution >= 0.6 is 0 Å². The first-order valence-electron chi connectivity index (χ1n) is 9.54. The van der Waals surface area contributed by atoms with Gasteiger partial charge in [0.05, 0.1) is 18.2 Å². The van der Waals surface area contributed by atoms with E-state index >= 15 is 0 Å². The van der Waals surface area contributed by atoms with Crippen molar-refractivity contribution >= 4 is 12.0 Å². The van der Waals surface area contributed by atoms with Crippen LogP contribution in [0.15, 0.2) is 24.4 Å². The Labute approximate surface area is 160 Å². The number of morpholine rings is 1. The first kappa shape index (κ1) is 19.6. The molecule has 2 fully saturated rings. The van der Waals surface area contributed by atoms with E-state index in [1.165, 1.54) is 0 Å². The van der Waals surface area contributed by atoms with Crippen LogP contribution in [0.1, 0.15) is 51.0 Å². The minimum atomic E-state index is -0.506. The number of hydrogen-bond acceptors (Lipinski definition) is 5. The predicted octanol–water partition coefficient (Wildman–Crippen LogP) is 2.71.